The molecule has 2 aromatic rings. The number of sulfone groups is 1. The first-order valence-electron chi connectivity index (χ1n) is 4.95. The van der Waals surface area contributed by atoms with E-state index in [0.717, 1.165) is 11.1 Å². The summed E-state index contributed by atoms with van der Waals surface area (Å²) in [5.74, 6) is -0.120. The molecule has 0 bridgehead atoms. The molecule has 0 saturated heterocycles. The highest BCUT2D eigenvalue weighted by Crippen LogP contribution is 2.23. The van der Waals surface area contributed by atoms with Gasteiger partial charge in [0.1, 0.15) is 0 Å². The fourth-order valence-corrected chi connectivity index (χ4v) is 2.29. The van der Waals surface area contributed by atoms with Crippen LogP contribution in [0.15, 0.2) is 43.0 Å². The molecule has 0 atom stereocenters. The van der Waals surface area contributed by atoms with Gasteiger partial charge in [-0.2, -0.15) is 0 Å². The molecular formula is C12H11N2O2S. The van der Waals surface area contributed by atoms with E-state index < -0.39 is 9.84 Å². The lowest BCUT2D eigenvalue weighted by atomic mass is 10.1. The average Bonchev–Trinajstić information content (AvgIpc) is 2.29. The quantitative estimate of drug-likeness (QED) is 0.830. The van der Waals surface area contributed by atoms with E-state index in [1.807, 2.05) is 6.07 Å². The summed E-state index contributed by atoms with van der Waals surface area (Å²) < 4.78 is 22.5. The molecule has 0 aliphatic carbocycles. The Balaban J connectivity index is 2.49. The lowest BCUT2D eigenvalue weighted by molar-refractivity contribution is 0.603. The minimum Gasteiger partial charge on any atom is -0.264 e. The predicted octanol–water partition coefficient (Wildman–Crippen LogP) is 1.85. The molecular weight excluding hydrogens is 236 g/mol. The van der Waals surface area contributed by atoms with Gasteiger partial charge in [0.2, 0.25) is 0 Å². The van der Waals surface area contributed by atoms with E-state index in [4.69, 9.17) is 0 Å². The van der Waals surface area contributed by atoms with E-state index in [-0.39, 0.29) is 5.75 Å². The zero-order valence-electron chi connectivity index (χ0n) is 9.07. The summed E-state index contributed by atoms with van der Waals surface area (Å²) in [5, 5.41) is 0. The van der Waals surface area contributed by atoms with Gasteiger partial charge in [-0.1, -0.05) is 6.07 Å². The van der Waals surface area contributed by atoms with Gasteiger partial charge in [0, 0.05) is 30.4 Å². The minimum absolute atomic E-state index is 0.120. The van der Waals surface area contributed by atoms with Crippen molar-refractivity contribution >= 4 is 9.84 Å². The van der Waals surface area contributed by atoms with Crippen molar-refractivity contribution in [1.82, 2.24) is 9.97 Å². The molecule has 0 fully saturated rings. The second kappa shape index (κ2) is 4.63. The highest BCUT2D eigenvalue weighted by atomic mass is 32.2. The smallest absolute Gasteiger partial charge is 0.155 e. The van der Waals surface area contributed by atoms with Crippen LogP contribution in [0.3, 0.4) is 0 Å². The maximum Gasteiger partial charge on any atom is 0.155 e. The molecule has 0 amide bonds. The van der Waals surface area contributed by atoms with Crippen LogP contribution in [0.2, 0.25) is 0 Å². The van der Waals surface area contributed by atoms with Gasteiger partial charge in [-0.25, -0.2) is 8.42 Å². The van der Waals surface area contributed by atoms with Crippen LogP contribution in [0.4, 0.5) is 0 Å². The van der Waals surface area contributed by atoms with Gasteiger partial charge in [-0.15, -0.1) is 0 Å². The molecule has 0 aliphatic rings. The molecule has 1 radical (unpaired) electrons. The first-order chi connectivity index (χ1) is 8.06. The van der Waals surface area contributed by atoms with Crippen molar-refractivity contribution < 1.29 is 8.42 Å². The van der Waals surface area contributed by atoms with E-state index in [0.29, 0.717) is 5.56 Å². The molecule has 17 heavy (non-hydrogen) atoms. The molecule has 2 heterocycles. The third-order valence-corrected chi connectivity index (χ3v) is 3.00. The van der Waals surface area contributed by atoms with E-state index in [9.17, 15) is 8.42 Å². The van der Waals surface area contributed by atoms with Crippen LogP contribution in [0.1, 0.15) is 5.56 Å². The number of nitrogens with zero attached hydrogens (tertiary/aromatic N) is 2. The van der Waals surface area contributed by atoms with E-state index in [2.05, 4.69) is 16.2 Å². The van der Waals surface area contributed by atoms with Gasteiger partial charge in [0.25, 0.3) is 0 Å². The number of aromatic nitrogens is 2. The van der Waals surface area contributed by atoms with E-state index in [1.165, 1.54) is 0 Å². The van der Waals surface area contributed by atoms with Gasteiger partial charge < -0.3 is 0 Å². The van der Waals surface area contributed by atoms with E-state index in [1.54, 1.807) is 36.9 Å². The fraction of sp³-hybridized carbons (Fsp3) is 0.0833. The maximum absolute atomic E-state index is 11.2. The van der Waals surface area contributed by atoms with Crippen molar-refractivity contribution in [2.24, 2.45) is 0 Å². The second-order valence-electron chi connectivity index (χ2n) is 3.66. The highest BCUT2D eigenvalue weighted by Gasteiger charge is 2.10. The Bertz CT molecular complexity index is 609. The van der Waals surface area contributed by atoms with Crippen LogP contribution in [-0.2, 0) is 15.6 Å². The van der Waals surface area contributed by atoms with Crippen molar-refractivity contribution in [3.63, 3.8) is 0 Å². The van der Waals surface area contributed by atoms with Gasteiger partial charge in [-0.3, -0.25) is 9.97 Å². The summed E-state index contributed by atoms with van der Waals surface area (Å²) in [4.78, 5) is 7.96. The van der Waals surface area contributed by atoms with Crippen LogP contribution in [0.25, 0.3) is 11.1 Å². The van der Waals surface area contributed by atoms with Crippen molar-refractivity contribution in [3.8, 4) is 11.1 Å². The molecule has 0 unspecified atom stereocenters. The minimum atomic E-state index is -3.32. The maximum atomic E-state index is 11.2. The first kappa shape index (κ1) is 11.7. The Labute approximate surface area is 100 Å². The Morgan fingerprint density at radius 1 is 1.12 bits per heavy atom. The Hall–Kier alpha value is -1.75. The summed E-state index contributed by atoms with van der Waals surface area (Å²) in [6.45, 7) is 0. The van der Waals surface area contributed by atoms with Crippen LogP contribution in [0.5, 0.6) is 0 Å². The number of hydrogen-bond acceptors (Lipinski definition) is 4. The molecule has 4 nitrogen and oxygen atoms in total. The molecule has 0 aromatic carbocycles. The van der Waals surface area contributed by atoms with Crippen LogP contribution < -0.4 is 0 Å². The number of hydrogen-bond donors (Lipinski definition) is 0. The van der Waals surface area contributed by atoms with Crippen LogP contribution >= 0.6 is 0 Å². The molecule has 2 aromatic heterocycles. The highest BCUT2D eigenvalue weighted by molar-refractivity contribution is 7.91. The zero-order valence-corrected chi connectivity index (χ0v) is 9.89. The molecule has 87 valence electrons. The molecule has 5 heteroatoms. The van der Waals surface area contributed by atoms with Crippen molar-refractivity contribution in [3.05, 3.63) is 54.8 Å². The summed E-state index contributed by atoms with van der Waals surface area (Å²) in [7, 11) is -3.32. The summed E-state index contributed by atoms with van der Waals surface area (Å²) in [5.41, 5.74) is 2.32. The lowest BCUT2D eigenvalue weighted by Gasteiger charge is -2.07. The zero-order chi connectivity index (χ0) is 12.3. The normalized spacial score (nSPS) is 11.4. The van der Waals surface area contributed by atoms with Gasteiger partial charge in [0.15, 0.2) is 9.84 Å². The predicted molar refractivity (Wildman–Crippen MR) is 65.4 cm³/mol. The number of rotatable bonds is 3. The molecule has 0 aliphatic heterocycles. The fourth-order valence-electron chi connectivity index (χ4n) is 1.58. The first-order valence-corrected chi connectivity index (χ1v) is 6.77. The Kier molecular flexibility index (Phi) is 3.19. The third-order valence-electron chi connectivity index (χ3n) is 2.25. The topological polar surface area (TPSA) is 59.9 Å². The van der Waals surface area contributed by atoms with Gasteiger partial charge >= 0.3 is 0 Å². The molecule has 0 spiro atoms. The standard InChI is InChI=1S/C12H11N2O2S/c1-17(15,16)9-11-8-14-6-4-12(11)10-3-2-5-13-7-10/h2-8H,1,9H2. The monoisotopic (exact) mass is 247 g/mol. The van der Waals surface area contributed by atoms with Gasteiger partial charge in [-0.05, 0) is 23.3 Å². The van der Waals surface area contributed by atoms with E-state index >= 15 is 0 Å². The summed E-state index contributed by atoms with van der Waals surface area (Å²) in [6.07, 6.45) is 9.66. The van der Waals surface area contributed by atoms with Gasteiger partial charge in [0.05, 0.1) is 12.0 Å². The largest absolute Gasteiger partial charge is 0.264 e. The molecule has 2 rings (SSSR count). The van der Waals surface area contributed by atoms with Crippen LogP contribution in [-0.4, -0.2) is 18.4 Å². The van der Waals surface area contributed by atoms with Crippen molar-refractivity contribution in [1.29, 1.82) is 0 Å². The SMILES string of the molecule is [CH2]S(=O)(=O)Cc1cnccc1-c1cccnc1. The lowest BCUT2D eigenvalue weighted by Crippen LogP contribution is -2.01. The average molecular weight is 247 g/mol. The summed E-state index contributed by atoms with van der Waals surface area (Å²) >= 11 is 0. The van der Waals surface area contributed by atoms with Crippen molar-refractivity contribution in [2.75, 3.05) is 0 Å². The second-order valence-corrected chi connectivity index (χ2v) is 5.44. The Morgan fingerprint density at radius 2 is 1.88 bits per heavy atom. The third kappa shape index (κ3) is 3.10. The number of pyridine rings is 2. The van der Waals surface area contributed by atoms with Crippen LogP contribution in [0, 0.1) is 6.26 Å². The molecule has 0 N–H and O–H groups in total. The summed E-state index contributed by atoms with van der Waals surface area (Å²) in [6, 6.07) is 5.46. The molecule has 0 saturated carbocycles. The van der Waals surface area contributed by atoms with Crippen molar-refractivity contribution in [2.45, 2.75) is 5.75 Å². The Morgan fingerprint density at radius 3 is 2.53 bits per heavy atom.